The number of benzene rings is 2. The number of aliphatic imine (C=N–C) groups is 1. The number of piperidine rings is 1. The average molecular weight is 1050 g/mol. The minimum absolute atomic E-state index is 0.0517. The van der Waals surface area contributed by atoms with Crippen molar-refractivity contribution in [1.29, 1.82) is 5.26 Å². The van der Waals surface area contributed by atoms with E-state index in [4.69, 9.17) is 37.7 Å². The van der Waals surface area contributed by atoms with Gasteiger partial charge >= 0.3 is 0 Å². The smallest absolute Gasteiger partial charge is 0.254 e. The van der Waals surface area contributed by atoms with Crippen LogP contribution in [0, 0.1) is 42.9 Å². The molecule has 6 heterocycles. The molecule has 0 radical (unpaired) electrons. The molecule has 1 atom stereocenters. The lowest BCUT2D eigenvalue weighted by molar-refractivity contribution is -0.164. The van der Waals surface area contributed by atoms with Gasteiger partial charge in [0.1, 0.15) is 34.8 Å². The number of carbonyl (C=O) groups excluding carboxylic acids is 2. The third kappa shape index (κ3) is 11.3. The lowest BCUT2D eigenvalue weighted by Crippen LogP contribution is -2.74. The molecular formula is C54H66Cl2N12O4S. The van der Waals surface area contributed by atoms with Crippen molar-refractivity contribution in [2.24, 2.45) is 15.8 Å². The van der Waals surface area contributed by atoms with Crippen molar-refractivity contribution in [2.45, 2.75) is 105 Å². The molecule has 2 amide bonds. The zero-order chi connectivity index (χ0) is 51.6. The van der Waals surface area contributed by atoms with Gasteiger partial charge in [0.2, 0.25) is 11.9 Å². The third-order valence-electron chi connectivity index (χ3n) is 15.2. The second-order valence-corrected chi connectivity index (χ2v) is 23.0. The van der Waals surface area contributed by atoms with E-state index in [1.165, 1.54) is 4.88 Å². The van der Waals surface area contributed by atoms with Crippen LogP contribution in [0.25, 0.3) is 5.00 Å². The van der Waals surface area contributed by atoms with Crippen molar-refractivity contribution in [3.05, 3.63) is 109 Å². The number of nitriles is 1. The number of nitrogens with zero attached hydrogens (tertiary/aromatic N) is 10. The van der Waals surface area contributed by atoms with Crippen molar-refractivity contribution < 1.29 is 19.1 Å². The van der Waals surface area contributed by atoms with E-state index < -0.39 is 6.04 Å². The SMILES string of the molecule is Cc1sc2c(c1C)C(c1ccc(Cl)cc1)=N[C@@H](CC(=O)NCCCN1CCN(CCCOC3CCN(c4ncc(C(=O)NC5C(C)(C)C(Oc6ccc(C#N)c(Cl)c6)C5(C)C)cn4)CC3)CC1)c1nnc(C)n1-2. The summed E-state index contributed by atoms with van der Waals surface area (Å²) >= 11 is 14.2. The number of rotatable bonds is 17. The minimum atomic E-state index is -0.492. The number of amides is 2. The molecule has 3 aromatic heterocycles. The third-order valence-corrected chi connectivity index (χ3v) is 17.0. The van der Waals surface area contributed by atoms with Gasteiger partial charge in [-0.25, -0.2) is 9.97 Å². The predicted molar refractivity (Wildman–Crippen MR) is 286 cm³/mol. The molecular weight excluding hydrogens is 984 g/mol. The molecule has 16 nitrogen and oxygen atoms in total. The van der Waals surface area contributed by atoms with Crippen LogP contribution in [0.4, 0.5) is 5.95 Å². The highest BCUT2D eigenvalue weighted by molar-refractivity contribution is 7.15. The van der Waals surface area contributed by atoms with E-state index in [1.807, 2.05) is 31.2 Å². The van der Waals surface area contributed by atoms with Crippen molar-refractivity contribution in [3.63, 3.8) is 0 Å². The second-order valence-electron chi connectivity index (χ2n) is 21.0. The van der Waals surface area contributed by atoms with E-state index in [0.29, 0.717) is 45.2 Å². The van der Waals surface area contributed by atoms with Crippen LogP contribution in [0.15, 0.2) is 59.9 Å². The summed E-state index contributed by atoms with van der Waals surface area (Å²) in [7, 11) is 0. The average Bonchev–Trinajstić information content (AvgIpc) is 3.86. The molecule has 9 rings (SSSR count). The quantitative estimate of drug-likeness (QED) is 0.0853. The monoisotopic (exact) mass is 1050 g/mol. The first-order valence-electron chi connectivity index (χ1n) is 25.4. The summed E-state index contributed by atoms with van der Waals surface area (Å²) in [5.74, 6) is 2.38. The number of aromatic nitrogens is 5. The summed E-state index contributed by atoms with van der Waals surface area (Å²) in [5.41, 5.74) is 4.05. The molecule has 2 aromatic carbocycles. The molecule has 2 saturated heterocycles. The zero-order valence-electron chi connectivity index (χ0n) is 42.9. The Morgan fingerprint density at radius 2 is 1.56 bits per heavy atom. The van der Waals surface area contributed by atoms with Crippen LogP contribution in [-0.4, -0.2) is 136 Å². The number of carbonyl (C=O) groups is 2. The Labute approximate surface area is 442 Å². The van der Waals surface area contributed by atoms with Crippen LogP contribution in [0.2, 0.25) is 10.0 Å². The lowest BCUT2D eigenvalue weighted by atomic mass is 9.49. The molecule has 3 aliphatic heterocycles. The van der Waals surface area contributed by atoms with Gasteiger partial charge in [-0.05, 0) is 82.8 Å². The van der Waals surface area contributed by atoms with Gasteiger partial charge in [-0.15, -0.1) is 21.5 Å². The molecule has 0 unspecified atom stereocenters. The number of nitrogens with one attached hydrogen (secondary N) is 2. The summed E-state index contributed by atoms with van der Waals surface area (Å²) in [5, 5.41) is 26.6. The number of hydrogen-bond acceptors (Lipinski definition) is 14. The Morgan fingerprint density at radius 3 is 2.22 bits per heavy atom. The summed E-state index contributed by atoms with van der Waals surface area (Å²) in [6.45, 7) is 23.4. The van der Waals surface area contributed by atoms with E-state index in [2.05, 4.69) is 97.7 Å². The molecule has 386 valence electrons. The second kappa shape index (κ2) is 22.2. The Bertz CT molecular complexity index is 2850. The van der Waals surface area contributed by atoms with E-state index in [9.17, 15) is 14.9 Å². The molecule has 0 spiro atoms. The topological polar surface area (TPSA) is 179 Å². The number of thiophene rings is 1. The standard InChI is InChI=1S/C54H66Cl2N12O4S/c1-33-34(2)73-49-45(33)46(36-10-13-39(55)14-11-36)61-43(47-64-63-35(3)68(47)49)29-44(69)58-18-8-19-65-23-25-66(26-24-65)20-9-27-71-40-16-21-67(22-17-40)52-59-31-38(32-60-52)48(70)62-50-53(4,5)51(54(50,6)7)72-41-15-12-37(30-57)42(56)28-41/h10-15,28,31-32,40,43,50-51H,8-9,16-27,29H2,1-7H3,(H,58,69)(H,62,70)/t43-,50?,51?/m0/s1. The fourth-order valence-electron chi connectivity index (χ4n) is 11.3. The van der Waals surface area contributed by atoms with Crippen LogP contribution < -0.4 is 20.3 Å². The largest absolute Gasteiger partial charge is 0.489 e. The lowest BCUT2D eigenvalue weighted by Gasteiger charge is -2.63. The van der Waals surface area contributed by atoms with Gasteiger partial charge in [0.05, 0.1) is 34.4 Å². The van der Waals surface area contributed by atoms with Crippen LogP contribution in [-0.2, 0) is 9.53 Å². The van der Waals surface area contributed by atoms with E-state index >= 15 is 0 Å². The number of hydrogen-bond donors (Lipinski definition) is 2. The number of ether oxygens (including phenoxy) is 2. The number of piperazine rings is 1. The van der Waals surface area contributed by atoms with Crippen LogP contribution in [0.5, 0.6) is 5.75 Å². The molecule has 5 aromatic rings. The van der Waals surface area contributed by atoms with Gasteiger partial charge in [-0.1, -0.05) is 63.0 Å². The maximum atomic E-state index is 13.5. The van der Waals surface area contributed by atoms with E-state index in [-0.39, 0.29) is 47.3 Å². The summed E-state index contributed by atoms with van der Waals surface area (Å²) in [6, 6.07) is 14.2. The highest BCUT2D eigenvalue weighted by atomic mass is 35.5. The van der Waals surface area contributed by atoms with E-state index in [1.54, 1.807) is 41.9 Å². The molecule has 3 fully saturated rings. The molecule has 1 saturated carbocycles. The molecule has 0 bridgehead atoms. The number of fused-ring (bicyclic) bond motifs is 3. The molecule has 19 heteroatoms. The maximum Gasteiger partial charge on any atom is 0.254 e. The fraction of sp³-hybridized carbons (Fsp3) is 0.519. The van der Waals surface area contributed by atoms with Gasteiger partial charge in [0, 0.05) is 115 Å². The van der Waals surface area contributed by atoms with E-state index in [0.717, 1.165) is 118 Å². The Hall–Kier alpha value is -5.48. The van der Waals surface area contributed by atoms with Crippen molar-refractivity contribution in [1.82, 2.24) is 45.2 Å². The van der Waals surface area contributed by atoms with Gasteiger partial charge in [-0.2, -0.15) is 5.26 Å². The highest BCUT2D eigenvalue weighted by Gasteiger charge is 2.64. The maximum absolute atomic E-state index is 13.5. The molecule has 4 aliphatic rings. The Kier molecular flexibility index (Phi) is 15.9. The summed E-state index contributed by atoms with van der Waals surface area (Å²) in [6.07, 6.45) is 7.05. The van der Waals surface area contributed by atoms with Crippen molar-refractivity contribution in [3.8, 4) is 16.8 Å². The van der Waals surface area contributed by atoms with Gasteiger partial charge < -0.3 is 34.8 Å². The Balaban J connectivity index is 0.649. The van der Waals surface area contributed by atoms with Gasteiger partial charge in [-0.3, -0.25) is 19.1 Å². The van der Waals surface area contributed by atoms with Crippen molar-refractivity contribution in [2.75, 3.05) is 70.4 Å². The number of halogens is 2. The zero-order valence-corrected chi connectivity index (χ0v) is 45.2. The molecule has 1 aliphatic carbocycles. The van der Waals surface area contributed by atoms with Crippen LogP contribution in [0.1, 0.15) is 115 Å². The molecule has 2 N–H and O–H groups in total. The van der Waals surface area contributed by atoms with Crippen LogP contribution in [0.3, 0.4) is 0 Å². The van der Waals surface area contributed by atoms with Gasteiger partial charge in [0.15, 0.2) is 5.82 Å². The number of aryl methyl sites for hydroxylation is 2. The predicted octanol–water partition coefficient (Wildman–Crippen LogP) is 8.32. The van der Waals surface area contributed by atoms with Gasteiger partial charge in [0.25, 0.3) is 5.91 Å². The first-order chi connectivity index (χ1) is 35.0. The first kappa shape index (κ1) is 52.4. The normalized spacial score (nSPS) is 20.7. The summed E-state index contributed by atoms with van der Waals surface area (Å²) in [4.78, 5) is 49.7. The number of anilines is 1. The first-order valence-corrected chi connectivity index (χ1v) is 27.0. The van der Waals surface area contributed by atoms with Crippen LogP contribution >= 0.6 is 34.5 Å². The highest BCUT2D eigenvalue weighted by Crippen LogP contribution is 2.55. The summed E-state index contributed by atoms with van der Waals surface area (Å²) < 4.78 is 14.8. The van der Waals surface area contributed by atoms with Crippen molar-refractivity contribution >= 4 is 58.0 Å². The fourth-order valence-corrected chi connectivity index (χ4v) is 12.9. The Morgan fingerprint density at radius 1 is 0.890 bits per heavy atom. The molecule has 73 heavy (non-hydrogen) atoms. The minimum Gasteiger partial charge on any atom is -0.489 e.